The summed E-state index contributed by atoms with van der Waals surface area (Å²) in [7, 11) is 0. The summed E-state index contributed by atoms with van der Waals surface area (Å²) < 4.78 is 3.42. The van der Waals surface area contributed by atoms with Crippen LogP contribution in [0.5, 0.6) is 0 Å². The fourth-order valence-corrected chi connectivity index (χ4v) is 4.43. The van der Waals surface area contributed by atoms with Crippen molar-refractivity contribution in [2.24, 2.45) is 0 Å². The lowest BCUT2D eigenvalue weighted by molar-refractivity contribution is -0.133. The first-order chi connectivity index (χ1) is 14.9. The Bertz CT molecular complexity index is 1160. The van der Waals surface area contributed by atoms with Crippen LogP contribution in [0.25, 0.3) is 10.8 Å². The summed E-state index contributed by atoms with van der Waals surface area (Å²) in [5, 5.41) is 6.48. The van der Waals surface area contributed by atoms with Crippen LogP contribution in [-0.4, -0.2) is 62.8 Å². The molecule has 4 rings (SSSR count). The van der Waals surface area contributed by atoms with E-state index in [2.05, 4.69) is 21.5 Å². The molecule has 0 unspecified atom stereocenters. The number of nitrogens with zero attached hydrogens (tertiary/aromatic N) is 5. The van der Waals surface area contributed by atoms with Crippen molar-refractivity contribution >= 4 is 28.3 Å². The van der Waals surface area contributed by atoms with Gasteiger partial charge in [-0.05, 0) is 38.1 Å². The monoisotopic (exact) mass is 441 g/mol. The second-order valence-electron chi connectivity index (χ2n) is 8.09. The molecule has 31 heavy (non-hydrogen) atoms. The van der Waals surface area contributed by atoms with Crippen LogP contribution in [0, 0.1) is 13.8 Å². The van der Waals surface area contributed by atoms with E-state index in [1.165, 1.54) is 4.68 Å². The molecule has 2 aromatic heterocycles. The number of likely N-dealkylation sites (N-methyl/N-ethyl adjacent to an activating group) is 1. The van der Waals surface area contributed by atoms with Crippen molar-refractivity contribution in [1.82, 2.24) is 24.1 Å². The molecule has 1 saturated heterocycles. The molecule has 1 amide bonds. The SMILES string of the molecule is CCN1CCN(C(=O)Cn2ncc3c(C)n(Cc4ccc(Cl)cc4)c(C)c3c2=O)CC1. The molecular weight excluding hydrogens is 414 g/mol. The average molecular weight is 442 g/mol. The maximum absolute atomic E-state index is 13.2. The van der Waals surface area contributed by atoms with Gasteiger partial charge < -0.3 is 14.4 Å². The lowest BCUT2D eigenvalue weighted by Crippen LogP contribution is -2.49. The average Bonchev–Trinajstić information content (AvgIpc) is 3.02. The van der Waals surface area contributed by atoms with Gasteiger partial charge >= 0.3 is 0 Å². The summed E-state index contributed by atoms with van der Waals surface area (Å²) in [4.78, 5) is 30.1. The van der Waals surface area contributed by atoms with Gasteiger partial charge in [0.15, 0.2) is 0 Å². The number of carbonyl (C=O) groups is 1. The van der Waals surface area contributed by atoms with Crippen LogP contribution in [-0.2, 0) is 17.9 Å². The highest BCUT2D eigenvalue weighted by atomic mass is 35.5. The van der Waals surface area contributed by atoms with Crippen LogP contribution in [0.4, 0.5) is 0 Å². The normalized spacial score (nSPS) is 15.0. The molecule has 1 aliphatic rings. The number of hydrogen-bond donors (Lipinski definition) is 0. The predicted octanol–water partition coefficient (Wildman–Crippen LogP) is 2.68. The molecule has 0 saturated carbocycles. The molecule has 0 N–H and O–H groups in total. The van der Waals surface area contributed by atoms with Crippen molar-refractivity contribution < 1.29 is 4.79 Å². The van der Waals surface area contributed by atoms with Gasteiger partial charge in [0.05, 0.1) is 11.6 Å². The van der Waals surface area contributed by atoms with Gasteiger partial charge in [0, 0.05) is 54.5 Å². The highest BCUT2D eigenvalue weighted by Gasteiger charge is 2.22. The maximum atomic E-state index is 13.2. The molecule has 1 aliphatic heterocycles. The molecule has 3 aromatic rings. The van der Waals surface area contributed by atoms with Crippen molar-refractivity contribution in [2.75, 3.05) is 32.7 Å². The van der Waals surface area contributed by atoms with E-state index >= 15 is 0 Å². The quantitative estimate of drug-likeness (QED) is 0.610. The Kier molecular flexibility index (Phi) is 6.16. The Balaban J connectivity index is 1.60. The van der Waals surface area contributed by atoms with Crippen LogP contribution in [0.15, 0.2) is 35.3 Å². The zero-order valence-electron chi connectivity index (χ0n) is 18.3. The van der Waals surface area contributed by atoms with E-state index in [0.29, 0.717) is 30.0 Å². The predicted molar refractivity (Wildman–Crippen MR) is 123 cm³/mol. The molecule has 0 bridgehead atoms. The highest BCUT2D eigenvalue weighted by molar-refractivity contribution is 6.30. The Morgan fingerprint density at radius 3 is 2.39 bits per heavy atom. The fraction of sp³-hybridized carbons (Fsp3) is 0.435. The third kappa shape index (κ3) is 4.25. The summed E-state index contributed by atoms with van der Waals surface area (Å²) in [5.41, 5.74) is 2.76. The minimum Gasteiger partial charge on any atom is -0.343 e. The van der Waals surface area contributed by atoms with Gasteiger partial charge in [-0.2, -0.15) is 5.10 Å². The molecule has 0 radical (unpaired) electrons. The van der Waals surface area contributed by atoms with Gasteiger partial charge in [-0.1, -0.05) is 30.7 Å². The van der Waals surface area contributed by atoms with E-state index < -0.39 is 0 Å². The molecule has 0 spiro atoms. The fourth-order valence-electron chi connectivity index (χ4n) is 4.31. The standard InChI is InChI=1S/C23H28ClN5O2/c1-4-26-9-11-27(12-10-26)21(30)15-29-23(31)22-17(3)28(16(2)20(22)13-25-29)14-18-5-7-19(24)8-6-18/h5-8,13H,4,9-12,14-15H2,1-3H3. The summed E-state index contributed by atoms with van der Waals surface area (Å²) in [6.45, 7) is 10.8. The summed E-state index contributed by atoms with van der Waals surface area (Å²) in [6.07, 6.45) is 1.71. The van der Waals surface area contributed by atoms with Gasteiger partial charge in [0.2, 0.25) is 5.91 Å². The van der Waals surface area contributed by atoms with Gasteiger partial charge in [-0.15, -0.1) is 0 Å². The second kappa shape index (κ2) is 8.85. The summed E-state index contributed by atoms with van der Waals surface area (Å²) >= 11 is 6.00. The van der Waals surface area contributed by atoms with Crippen LogP contribution in [0.1, 0.15) is 23.9 Å². The third-order valence-corrected chi connectivity index (χ3v) is 6.57. The van der Waals surface area contributed by atoms with Crippen molar-refractivity contribution in [2.45, 2.75) is 33.9 Å². The number of amides is 1. The lowest BCUT2D eigenvalue weighted by atomic mass is 10.2. The number of benzene rings is 1. The number of halogens is 1. The first kappa shape index (κ1) is 21.6. The van der Waals surface area contributed by atoms with Gasteiger partial charge in [0.1, 0.15) is 6.54 Å². The minimum absolute atomic E-state index is 0.0260. The molecule has 0 aliphatic carbocycles. The van der Waals surface area contributed by atoms with Crippen LogP contribution in [0.3, 0.4) is 0 Å². The number of rotatable bonds is 5. The number of aryl methyl sites for hydroxylation is 2. The van der Waals surface area contributed by atoms with Crippen molar-refractivity contribution in [3.63, 3.8) is 0 Å². The Hall–Kier alpha value is -2.64. The van der Waals surface area contributed by atoms with Crippen LogP contribution in [0.2, 0.25) is 5.02 Å². The van der Waals surface area contributed by atoms with Gasteiger partial charge in [-0.3, -0.25) is 9.59 Å². The summed E-state index contributed by atoms with van der Waals surface area (Å²) in [6, 6.07) is 7.70. The van der Waals surface area contributed by atoms with E-state index in [0.717, 1.165) is 42.0 Å². The number of aromatic nitrogens is 3. The van der Waals surface area contributed by atoms with Crippen molar-refractivity contribution in [3.05, 3.63) is 62.8 Å². The topological polar surface area (TPSA) is 63.4 Å². The van der Waals surface area contributed by atoms with E-state index in [-0.39, 0.29) is 18.0 Å². The number of fused-ring (bicyclic) bond motifs is 1. The molecule has 1 aromatic carbocycles. The molecule has 3 heterocycles. The molecule has 0 atom stereocenters. The number of piperazine rings is 1. The molecule has 164 valence electrons. The first-order valence-electron chi connectivity index (χ1n) is 10.7. The second-order valence-corrected chi connectivity index (χ2v) is 8.53. The first-order valence-corrected chi connectivity index (χ1v) is 11.1. The van der Waals surface area contributed by atoms with Crippen LogP contribution < -0.4 is 5.56 Å². The largest absolute Gasteiger partial charge is 0.343 e. The lowest BCUT2D eigenvalue weighted by Gasteiger charge is -2.34. The Morgan fingerprint density at radius 1 is 1.06 bits per heavy atom. The highest BCUT2D eigenvalue weighted by Crippen LogP contribution is 2.23. The molecular formula is C23H28ClN5O2. The third-order valence-electron chi connectivity index (χ3n) is 6.32. The van der Waals surface area contributed by atoms with Crippen molar-refractivity contribution in [1.29, 1.82) is 0 Å². The Labute approximate surface area is 186 Å². The summed E-state index contributed by atoms with van der Waals surface area (Å²) in [5.74, 6) is -0.0559. The van der Waals surface area contributed by atoms with E-state index in [1.54, 1.807) is 6.20 Å². The Morgan fingerprint density at radius 2 is 1.74 bits per heavy atom. The van der Waals surface area contributed by atoms with Crippen molar-refractivity contribution in [3.8, 4) is 0 Å². The van der Waals surface area contributed by atoms with Gasteiger partial charge in [0.25, 0.3) is 5.56 Å². The van der Waals surface area contributed by atoms with Crippen LogP contribution >= 0.6 is 11.6 Å². The minimum atomic E-state index is -0.214. The number of hydrogen-bond acceptors (Lipinski definition) is 4. The number of carbonyl (C=O) groups excluding carboxylic acids is 1. The zero-order chi connectivity index (χ0) is 22.1. The van der Waals surface area contributed by atoms with E-state index in [9.17, 15) is 9.59 Å². The van der Waals surface area contributed by atoms with E-state index in [1.807, 2.05) is 43.0 Å². The smallest absolute Gasteiger partial charge is 0.276 e. The maximum Gasteiger partial charge on any atom is 0.276 e. The van der Waals surface area contributed by atoms with Gasteiger partial charge in [-0.25, -0.2) is 4.68 Å². The molecule has 1 fully saturated rings. The van der Waals surface area contributed by atoms with E-state index in [4.69, 9.17) is 11.6 Å². The zero-order valence-corrected chi connectivity index (χ0v) is 19.0. The molecule has 8 heteroatoms. The molecule has 7 nitrogen and oxygen atoms in total.